The molecule has 5 nitrogen and oxygen atoms in total. The van der Waals surface area contributed by atoms with Gasteiger partial charge in [-0.1, -0.05) is 28.0 Å². The molecule has 0 heterocycles. The second kappa shape index (κ2) is 7.35. The summed E-state index contributed by atoms with van der Waals surface area (Å²) in [6.45, 7) is 3.38. The number of benzene rings is 1. The molecule has 106 valence electrons. The van der Waals surface area contributed by atoms with Crippen LogP contribution in [0.5, 0.6) is 5.75 Å². The fourth-order valence-corrected chi connectivity index (χ4v) is 2.19. The lowest BCUT2D eigenvalue weighted by atomic mass is 10.1. The molecular weight excluding hydrogens is 310 g/mol. The summed E-state index contributed by atoms with van der Waals surface area (Å²) in [5.74, 6) is 1.08. The maximum atomic E-state index is 8.64. The number of ether oxygens (including phenoxy) is 1. The number of hydrogen-bond donors (Lipinski definition) is 2. The Kier molecular flexibility index (Phi) is 6.11. The highest BCUT2D eigenvalue weighted by molar-refractivity contribution is 9.10. The van der Waals surface area contributed by atoms with E-state index >= 15 is 0 Å². The van der Waals surface area contributed by atoms with Crippen molar-refractivity contribution in [1.29, 1.82) is 0 Å². The first-order chi connectivity index (χ1) is 8.97. The summed E-state index contributed by atoms with van der Waals surface area (Å²) in [6, 6.07) is 5.87. The summed E-state index contributed by atoms with van der Waals surface area (Å²) in [4.78, 5) is 2.11. The van der Waals surface area contributed by atoms with E-state index in [1.807, 2.05) is 32.2 Å². The standard InChI is InChI=1S/C13H20BrN3O2/c1-9(13(15)16-18)7-17(2)8-10-6-11(19-3)4-5-12(10)14/h4-6,9,18H,7-8H2,1-3H3,(H2,15,16). The molecule has 1 rings (SSSR count). The molecule has 3 N–H and O–H groups in total. The van der Waals surface area contributed by atoms with Crippen molar-refractivity contribution in [1.82, 2.24) is 4.90 Å². The van der Waals surface area contributed by atoms with Crippen LogP contribution >= 0.6 is 15.9 Å². The van der Waals surface area contributed by atoms with Crippen LogP contribution in [0.15, 0.2) is 27.8 Å². The van der Waals surface area contributed by atoms with Gasteiger partial charge in [0.1, 0.15) is 11.6 Å². The molecule has 0 fully saturated rings. The third-order valence-corrected chi connectivity index (χ3v) is 3.67. The molecule has 0 aromatic heterocycles. The lowest BCUT2D eigenvalue weighted by Gasteiger charge is -2.21. The number of hydrogen-bond acceptors (Lipinski definition) is 4. The minimum atomic E-state index is -0.000571. The Morgan fingerprint density at radius 2 is 2.26 bits per heavy atom. The average molecular weight is 330 g/mol. The zero-order valence-corrected chi connectivity index (χ0v) is 13.0. The van der Waals surface area contributed by atoms with Gasteiger partial charge >= 0.3 is 0 Å². The summed E-state index contributed by atoms with van der Waals surface area (Å²) >= 11 is 3.53. The van der Waals surface area contributed by atoms with Crippen molar-refractivity contribution in [2.45, 2.75) is 13.5 Å². The first-order valence-corrected chi connectivity index (χ1v) is 6.75. The van der Waals surface area contributed by atoms with E-state index < -0.39 is 0 Å². The predicted molar refractivity (Wildman–Crippen MR) is 79.6 cm³/mol. The van der Waals surface area contributed by atoms with Crippen molar-refractivity contribution in [3.05, 3.63) is 28.2 Å². The first kappa shape index (κ1) is 15.8. The largest absolute Gasteiger partial charge is 0.497 e. The van der Waals surface area contributed by atoms with E-state index in [2.05, 4.69) is 26.0 Å². The van der Waals surface area contributed by atoms with E-state index in [1.165, 1.54) is 0 Å². The van der Waals surface area contributed by atoms with Crippen molar-refractivity contribution >= 4 is 21.8 Å². The lowest BCUT2D eigenvalue weighted by molar-refractivity contribution is 0.290. The summed E-state index contributed by atoms with van der Waals surface area (Å²) in [5, 5.41) is 11.7. The molecular formula is C13H20BrN3O2. The fraction of sp³-hybridized carbons (Fsp3) is 0.462. The van der Waals surface area contributed by atoms with Crippen molar-refractivity contribution in [2.24, 2.45) is 16.8 Å². The topological polar surface area (TPSA) is 71.1 Å². The maximum absolute atomic E-state index is 8.64. The summed E-state index contributed by atoms with van der Waals surface area (Å²) in [7, 11) is 3.64. The summed E-state index contributed by atoms with van der Waals surface area (Å²) in [5.41, 5.74) is 6.71. The van der Waals surface area contributed by atoms with Crippen LogP contribution in [0.25, 0.3) is 0 Å². The van der Waals surface area contributed by atoms with Crippen molar-refractivity contribution in [3.8, 4) is 5.75 Å². The molecule has 0 amide bonds. The molecule has 19 heavy (non-hydrogen) atoms. The van der Waals surface area contributed by atoms with Crippen molar-refractivity contribution < 1.29 is 9.94 Å². The molecule has 0 bridgehead atoms. The zero-order valence-electron chi connectivity index (χ0n) is 11.4. The van der Waals surface area contributed by atoms with Crippen LogP contribution in [0, 0.1) is 5.92 Å². The van der Waals surface area contributed by atoms with E-state index in [-0.39, 0.29) is 11.8 Å². The van der Waals surface area contributed by atoms with Crippen molar-refractivity contribution in [3.63, 3.8) is 0 Å². The smallest absolute Gasteiger partial charge is 0.143 e. The molecule has 1 aromatic carbocycles. The average Bonchev–Trinajstić information content (AvgIpc) is 2.40. The van der Waals surface area contributed by atoms with Gasteiger partial charge in [0.15, 0.2) is 0 Å². The molecule has 0 aliphatic rings. The second-order valence-corrected chi connectivity index (χ2v) is 5.43. The van der Waals surface area contributed by atoms with Gasteiger partial charge in [-0.15, -0.1) is 0 Å². The van der Waals surface area contributed by atoms with Crippen LogP contribution in [0.2, 0.25) is 0 Å². The fourth-order valence-electron chi connectivity index (χ4n) is 1.81. The Morgan fingerprint density at radius 3 is 2.84 bits per heavy atom. The lowest BCUT2D eigenvalue weighted by Crippen LogP contribution is -2.32. The number of halogens is 1. The molecule has 1 aromatic rings. The molecule has 0 saturated carbocycles. The molecule has 1 unspecified atom stereocenters. The van der Waals surface area contributed by atoms with E-state index in [4.69, 9.17) is 15.7 Å². The van der Waals surface area contributed by atoms with Gasteiger partial charge in [-0.05, 0) is 30.8 Å². The highest BCUT2D eigenvalue weighted by Crippen LogP contribution is 2.23. The van der Waals surface area contributed by atoms with Crippen LogP contribution in [-0.4, -0.2) is 36.6 Å². The number of rotatable bonds is 6. The number of methoxy groups -OCH3 is 1. The predicted octanol–water partition coefficient (Wildman–Crippen LogP) is 2.27. The van der Waals surface area contributed by atoms with E-state index in [0.717, 1.165) is 22.3 Å². The van der Waals surface area contributed by atoms with Gasteiger partial charge in [0.25, 0.3) is 0 Å². The molecule has 1 atom stereocenters. The minimum Gasteiger partial charge on any atom is -0.497 e. The van der Waals surface area contributed by atoms with Crippen LogP contribution in [0.3, 0.4) is 0 Å². The Morgan fingerprint density at radius 1 is 1.58 bits per heavy atom. The third kappa shape index (κ3) is 4.72. The molecule has 0 aliphatic carbocycles. The van der Waals surface area contributed by atoms with Gasteiger partial charge in [-0.25, -0.2) is 0 Å². The Labute approximate surface area is 122 Å². The van der Waals surface area contributed by atoms with Gasteiger partial charge in [-0.3, -0.25) is 0 Å². The number of oxime groups is 1. The Hall–Kier alpha value is -1.27. The van der Waals surface area contributed by atoms with E-state index in [1.54, 1.807) is 7.11 Å². The monoisotopic (exact) mass is 329 g/mol. The Bertz CT molecular complexity index is 452. The SMILES string of the molecule is COc1ccc(Br)c(CN(C)CC(C)C(N)=NO)c1. The van der Waals surface area contributed by atoms with Crippen LogP contribution in [-0.2, 0) is 6.54 Å². The third-order valence-electron chi connectivity index (χ3n) is 2.90. The highest BCUT2D eigenvalue weighted by Gasteiger charge is 2.12. The Balaban J connectivity index is 2.69. The van der Waals surface area contributed by atoms with Crippen molar-refractivity contribution in [2.75, 3.05) is 20.7 Å². The van der Waals surface area contributed by atoms with Crippen LogP contribution in [0.1, 0.15) is 12.5 Å². The second-order valence-electron chi connectivity index (χ2n) is 4.58. The highest BCUT2D eigenvalue weighted by atomic mass is 79.9. The molecule has 0 saturated heterocycles. The summed E-state index contributed by atoms with van der Waals surface area (Å²) in [6.07, 6.45) is 0. The quantitative estimate of drug-likeness (QED) is 0.363. The molecule has 6 heteroatoms. The van der Waals surface area contributed by atoms with Gasteiger partial charge in [0, 0.05) is 23.5 Å². The van der Waals surface area contributed by atoms with Gasteiger partial charge in [-0.2, -0.15) is 0 Å². The van der Waals surface area contributed by atoms with Gasteiger partial charge in [0.2, 0.25) is 0 Å². The molecule has 0 radical (unpaired) electrons. The molecule has 0 aliphatic heterocycles. The maximum Gasteiger partial charge on any atom is 0.143 e. The van der Waals surface area contributed by atoms with E-state index in [9.17, 15) is 0 Å². The summed E-state index contributed by atoms with van der Waals surface area (Å²) < 4.78 is 6.26. The van der Waals surface area contributed by atoms with Gasteiger partial charge < -0.3 is 20.6 Å². The first-order valence-electron chi connectivity index (χ1n) is 5.96. The number of nitrogens with zero attached hydrogens (tertiary/aromatic N) is 2. The molecule has 0 spiro atoms. The minimum absolute atomic E-state index is 0.000571. The van der Waals surface area contributed by atoms with E-state index in [0.29, 0.717) is 6.54 Å². The number of nitrogens with two attached hydrogens (primary N) is 1. The van der Waals surface area contributed by atoms with Gasteiger partial charge in [0.05, 0.1) is 7.11 Å². The number of amidine groups is 1. The zero-order chi connectivity index (χ0) is 14.4. The van der Waals surface area contributed by atoms with Crippen LogP contribution in [0.4, 0.5) is 0 Å². The normalized spacial score (nSPS) is 13.6. The van der Waals surface area contributed by atoms with Crippen LogP contribution < -0.4 is 10.5 Å².